The monoisotopic (exact) mass is 98.0 g/mol. The SMILES string of the molecule is O=C1CC2OC2C1. The molecule has 2 atom stereocenters. The highest BCUT2D eigenvalue weighted by atomic mass is 16.6. The molecule has 2 aliphatic rings. The molecular weight excluding hydrogens is 92.1 g/mol. The quantitative estimate of drug-likeness (QED) is 0.403. The van der Waals surface area contributed by atoms with Gasteiger partial charge in [-0.1, -0.05) is 0 Å². The summed E-state index contributed by atoms with van der Waals surface area (Å²) in [6.07, 6.45) is 2.05. The number of carbonyl (C=O) groups is 1. The van der Waals surface area contributed by atoms with Crippen molar-refractivity contribution < 1.29 is 9.53 Å². The number of epoxide rings is 1. The van der Waals surface area contributed by atoms with Crippen molar-refractivity contribution in [1.29, 1.82) is 0 Å². The Balaban J connectivity index is 2.14. The molecule has 2 unspecified atom stereocenters. The van der Waals surface area contributed by atoms with E-state index < -0.39 is 0 Å². The lowest BCUT2D eigenvalue weighted by atomic mass is 10.3. The molecule has 38 valence electrons. The molecule has 2 heteroatoms. The summed E-state index contributed by atoms with van der Waals surface area (Å²) in [6, 6.07) is 0. The second-order valence-corrected chi connectivity index (χ2v) is 2.16. The summed E-state index contributed by atoms with van der Waals surface area (Å²) in [5.74, 6) is 0.376. The van der Waals surface area contributed by atoms with Crippen LogP contribution in [0.25, 0.3) is 0 Å². The van der Waals surface area contributed by atoms with Crippen LogP contribution in [0.15, 0.2) is 0 Å². The highest BCUT2D eigenvalue weighted by Gasteiger charge is 2.47. The van der Waals surface area contributed by atoms with Crippen LogP contribution in [0.5, 0.6) is 0 Å². The van der Waals surface area contributed by atoms with Crippen LogP contribution < -0.4 is 0 Å². The van der Waals surface area contributed by atoms with E-state index in [4.69, 9.17) is 4.74 Å². The number of ketones is 1. The molecule has 0 aromatic rings. The summed E-state index contributed by atoms with van der Waals surface area (Å²) in [4.78, 5) is 10.4. The maximum atomic E-state index is 10.4. The van der Waals surface area contributed by atoms with Crippen LogP contribution in [0.3, 0.4) is 0 Å². The van der Waals surface area contributed by atoms with Gasteiger partial charge in [0.1, 0.15) is 5.78 Å². The minimum Gasteiger partial charge on any atom is -0.369 e. The normalized spacial score (nSPS) is 46.6. The average Bonchev–Trinajstić information content (AvgIpc) is 2.15. The van der Waals surface area contributed by atoms with E-state index in [1.165, 1.54) is 0 Å². The minimum absolute atomic E-state index is 0.340. The zero-order chi connectivity index (χ0) is 4.85. The maximum Gasteiger partial charge on any atom is 0.138 e. The van der Waals surface area contributed by atoms with Crippen molar-refractivity contribution in [1.82, 2.24) is 0 Å². The lowest BCUT2D eigenvalue weighted by Crippen LogP contribution is -1.93. The van der Waals surface area contributed by atoms with Gasteiger partial charge < -0.3 is 4.74 Å². The van der Waals surface area contributed by atoms with E-state index in [0.29, 0.717) is 30.8 Å². The van der Waals surface area contributed by atoms with Gasteiger partial charge in [0.2, 0.25) is 0 Å². The van der Waals surface area contributed by atoms with Gasteiger partial charge in [-0.2, -0.15) is 0 Å². The highest BCUT2D eigenvalue weighted by Crippen LogP contribution is 2.35. The smallest absolute Gasteiger partial charge is 0.138 e. The molecule has 0 amide bonds. The molecule has 0 aromatic carbocycles. The van der Waals surface area contributed by atoms with Crippen LogP contribution in [-0.2, 0) is 9.53 Å². The molecule has 0 radical (unpaired) electrons. The first kappa shape index (κ1) is 3.61. The molecule has 0 aromatic heterocycles. The summed E-state index contributed by atoms with van der Waals surface area (Å²) in [5, 5.41) is 0. The van der Waals surface area contributed by atoms with Crippen LogP contribution in [-0.4, -0.2) is 18.0 Å². The Morgan fingerprint density at radius 2 is 2.00 bits per heavy atom. The zero-order valence-corrected chi connectivity index (χ0v) is 3.89. The van der Waals surface area contributed by atoms with Gasteiger partial charge in [-0.05, 0) is 0 Å². The molecule has 2 fully saturated rings. The first-order chi connectivity index (χ1) is 3.36. The van der Waals surface area contributed by atoms with Crippen molar-refractivity contribution in [2.45, 2.75) is 25.0 Å². The van der Waals surface area contributed by atoms with E-state index in [0.717, 1.165) is 0 Å². The Labute approximate surface area is 41.5 Å². The molecule has 7 heavy (non-hydrogen) atoms. The lowest BCUT2D eigenvalue weighted by molar-refractivity contribution is -0.119. The fourth-order valence-corrected chi connectivity index (χ4v) is 1.07. The Morgan fingerprint density at radius 1 is 1.43 bits per heavy atom. The third kappa shape index (κ3) is 0.399. The van der Waals surface area contributed by atoms with Crippen LogP contribution in [0.2, 0.25) is 0 Å². The van der Waals surface area contributed by atoms with E-state index in [2.05, 4.69) is 0 Å². The summed E-state index contributed by atoms with van der Waals surface area (Å²) in [5.41, 5.74) is 0. The second-order valence-electron chi connectivity index (χ2n) is 2.16. The predicted molar refractivity (Wildman–Crippen MR) is 22.9 cm³/mol. The molecular formula is C5H6O2. The van der Waals surface area contributed by atoms with E-state index in [1.807, 2.05) is 0 Å². The Kier molecular flexibility index (Phi) is 0.460. The summed E-state index contributed by atoms with van der Waals surface area (Å²) >= 11 is 0. The van der Waals surface area contributed by atoms with Crippen molar-refractivity contribution in [3.8, 4) is 0 Å². The first-order valence-corrected chi connectivity index (χ1v) is 2.53. The Bertz CT molecular complexity index is 107. The van der Waals surface area contributed by atoms with Crippen molar-refractivity contribution in [3.63, 3.8) is 0 Å². The number of Topliss-reactive ketones (excluding diaryl/α,β-unsaturated/α-hetero) is 1. The fraction of sp³-hybridized carbons (Fsp3) is 0.800. The van der Waals surface area contributed by atoms with E-state index in [1.54, 1.807) is 0 Å². The van der Waals surface area contributed by atoms with Crippen LogP contribution in [0.4, 0.5) is 0 Å². The van der Waals surface area contributed by atoms with Gasteiger partial charge in [0.15, 0.2) is 0 Å². The number of hydrogen-bond donors (Lipinski definition) is 0. The number of rotatable bonds is 0. The number of hydrogen-bond acceptors (Lipinski definition) is 2. The van der Waals surface area contributed by atoms with Gasteiger partial charge in [0.05, 0.1) is 12.2 Å². The van der Waals surface area contributed by atoms with Gasteiger partial charge in [0.25, 0.3) is 0 Å². The van der Waals surface area contributed by atoms with Crippen molar-refractivity contribution in [2.24, 2.45) is 0 Å². The number of carbonyl (C=O) groups excluding carboxylic acids is 1. The molecule has 1 saturated heterocycles. The van der Waals surface area contributed by atoms with Crippen LogP contribution in [0.1, 0.15) is 12.8 Å². The molecule has 0 spiro atoms. The van der Waals surface area contributed by atoms with Crippen molar-refractivity contribution >= 4 is 5.78 Å². The molecule has 0 bridgehead atoms. The molecule has 2 rings (SSSR count). The maximum absolute atomic E-state index is 10.4. The first-order valence-electron chi connectivity index (χ1n) is 2.53. The van der Waals surface area contributed by atoms with Gasteiger partial charge >= 0.3 is 0 Å². The largest absolute Gasteiger partial charge is 0.369 e. The van der Waals surface area contributed by atoms with E-state index >= 15 is 0 Å². The number of fused-ring (bicyclic) bond motifs is 1. The molecule has 0 N–H and O–H groups in total. The van der Waals surface area contributed by atoms with Crippen molar-refractivity contribution in [2.75, 3.05) is 0 Å². The van der Waals surface area contributed by atoms with Gasteiger partial charge in [-0.25, -0.2) is 0 Å². The average molecular weight is 98.1 g/mol. The summed E-state index contributed by atoms with van der Waals surface area (Å²) < 4.78 is 5.00. The molecule has 1 heterocycles. The fourth-order valence-electron chi connectivity index (χ4n) is 1.07. The predicted octanol–water partition coefficient (Wildman–Crippen LogP) is 0.117. The van der Waals surface area contributed by atoms with Gasteiger partial charge in [-0.3, -0.25) is 4.79 Å². The van der Waals surface area contributed by atoms with Gasteiger partial charge in [0, 0.05) is 12.8 Å². The third-order valence-corrected chi connectivity index (χ3v) is 1.55. The second kappa shape index (κ2) is 0.892. The number of ether oxygens (including phenoxy) is 1. The molecule has 1 aliphatic carbocycles. The van der Waals surface area contributed by atoms with Crippen molar-refractivity contribution in [3.05, 3.63) is 0 Å². The summed E-state index contributed by atoms with van der Waals surface area (Å²) in [7, 11) is 0. The van der Waals surface area contributed by atoms with E-state index in [-0.39, 0.29) is 0 Å². The molecule has 1 aliphatic heterocycles. The van der Waals surface area contributed by atoms with E-state index in [9.17, 15) is 4.79 Å². The third-order valence-electron chi connectivity index (χ3n) is 1.55. The standard InChI is InChI=1S/C5H6O2/c6-3-1-4-5(2-3)7-4/h4-5H,1-2H2. The topological polar surface area (TPSA) is 29.6 Å². The van der Waals surface area contributed by atoms with Crippen LogP contribution in [0, 0.1) is 0 Å². The Hall–Kier alpha value is -0.370. The van der Waals surface area contributed by atoms with Gasteiger partial charge in [-0.15, -0.1) is 0 Å². The van der Waals surface area contributed by atoms with Crippen LogP contribution >= 0.6 is 0 Å². The molecule has 2 nitrogen and oxygen atoms in total. The summed E-state index contributed by atoms with van der Waals surface area (Å²) in [6.45, 7) is 0. The zero-order valence-electron chi connectivity index (χ0n) is 3.89. The minimum atomic E-state index is 0.340. The highest BCUT2D eigenvalue weighted by molar-refractivity contribution is 5.83. The lowest BCUT2D eigenvalue weighted by Gasteiger charge is -1.83. The Morgan fingerprint density at radius 3 is 2.29 bits per heavy atom. The molecule has 1 saturated carbocycles.